The summed E-state index contributed by atoms with van der Waals surface area (Å²) < 4.78 is 26.8. The number of amides is 1. The van der Waals surface area contributed by atoms with Crippen LogP contribution in [0.4, 0.5) is 8.78 Å². The molecule has 0 spiro atoms. The zero-order chi connectivity index (χ0) is 17.1. The number of carbonyl (C=O) groups is 1. The van der Waals surface area contributed by atoms with Gasteiger partial charge in [-0.25, -0.2) is 8.78 Å². The number of hydrogen-bond acceptors (Lipinski definition) is 4. The molecular weight excluding hydrogens is 350 g/mol. The molecule has 2 aromatic carbocycles. The first-order valence-electron chi connectivity index (χ1n) is 6.86. The minimum atomic E-state index is -0.437. The number of hydrazone groups is 1. The van der Waals surface area contributed by atoms with Crippen molar-refractivity contribution in [1.29, 1.82) is 0 Å². The van der Waals surface area contributed by atoms with E-state index in [1.807, 2.05) is 0 Å². The van der Waals surface area contributed by atoms with Gasteiger partial charge in [0.15, 0.2) is 4.32 Å². The first kappa shape index (κ1) is 16.5. The van der Waals surface area contributed by atoms with Crippen LogP contribution in [0.25, 0.3) is 6.08 Å². The molecule has 7 heteroatoms. The number of hydrogen-bond donors (Lipinski definition) is 0. The maximum Gasteiger partial charge on any atom is 0.286 e. The first-order chi connectivity index (χ1) is 11.5. The molecule has 3 rings (SSSR count). The molecule has 1 fully saturated rings. The molecule has 1 saturated heterocycles. The second-order valence-corrected chi connectivity index (χ2v) is 6.49. The Kier molecular flexibility index (Phi) is 4.82. The van der Waals surface area contributed by atoms with E-state index in [1.165, 1.54) is 24.4 Å². The van der Waals surface area contributed by atoms with Crippen LogP contribution in [0.15, 0.2) is 58.5 Å². The van der Waals surface area contributed by atoms with Gasteiger partial charge in [-0.2, -0.15) is 10.1 Å². The van der Waals surface area contributed by atoms with Crippen LogP contribution in [0.2, 0.25) is 0 Å². The van der Waals surface area contributed by atoms with Gasteiger partial charge in [0.05, 0.1) is 11.1 Å². The molecule has 24 heavy (non-hydrogen) atoms. The molecule has 120 valence electrons. The summed E-state index contributed by atoms with van der Waals surface area (Å²) in [5, 5.41) is 5.02. The highest BCUT2D eigenvalue weighted by Crippen LogP contribution is 2.32. The number of thioether (sulfide) groups is 1. The van der Waals surface area contributed by atoms with Crippen LogP contribution in [-0.2, 0) is 4.79 Å². The third-order valence-corrected chi connectivity index (χ3v) is 4.44. The highest BCUT2D eigenvalue weighted by atomic mass is 32.2. The van der Waals surface area contributed by atoms with Crippen LogP contribution in [0.3, 0.4) is 0 Å². The largest absolute Gasteiger partial charge is 0.286 e. The predicted octanol–water partition coefficient (Wildman–Crippen LogP) is 4.20. The Balaban J connectivity index is 1.82. The standard InChI is InChI=1S/C17H10F2N2OS2/c18-13-7-5-11(6-8-13)9-15-16(22)21(17(23)24-15)20-10-12-3-1-2-4-14(12)19/h1-10H/b15-9+,20-10+. The van der Waals surface area contributed by atoms with E-state index >= 15 is 0 Å². The monoisotopic (exact) mass is 360 g/mol. The number of thiocarbonyl (C=S) groups is 1. The molecule has 0 bridgehead atoms. The van der Waals surface area contributed by atoms with Crippen molar-refractivity contribution in [2.24, 2.45) is 5.10 Å². The lowest BCUT2D eigenvalue weighted by Crippen LogP contribution is -2.22. The summed E-state index contributed by atoms with van der Waals surface area (Å²) in [5.41, 5.74) is 0.934. The smallest absolute Gasteiger partial charge is 0.266 e. The molecule has 1 amide bonds. The predicted molar refractivity (Wildman–Crippen MR) is 95.4 cm³/mol. The van der Waals surface area contributed by atoms with Crippen LogP contribution in [0.5, 0.6) is 0 Å². The van der Waals surface area contributed by atoms with Gasteiger partial charge < -0.3 is 0 Å². The molecule has 0 radical (unpaired) electrons. The molecule has 0 unspecified atom stereocenters. The van der Waals surface area contributed by atoms with Gasteiger partial charge in [0.25, 0.3) is 5.91 Å². The summed E-state index contributed by atoms with van der Waals surface area (Å²) in [6, 6.07) is 11.8. The van der Waals surface area contributed by atoms with Crippen molar-refractivity contribution in [3.8, 4) is 0 Å². The maximum atomic E-state index is 13.6. The van der Waals surface area contributed by atoms with Gasteiger partial charge in [0, 0.05) is 5.56 Å². The maximum absolute atomic E-state index is 13.6. The zero-order valence-electron chi connectivity index (χ0n) is 12.1. The van der Waals surface area contributed by atoms with Gasteiger partial charge >= 0.3 is 0 Å². The van der Waals surface area contributed by atoms with Crippen LogP contribution in [0, 0.1) is 11.6 Å². The van der Waals surface area contributed by atoms with E-state index in [9.17, 15) is 13.6 Å². The molecule has 1 aliphatic heterocycles. The van der Waals surface area contributed by atoms with Gasteiger partial charge in [-0.15, -0.1) is 0 Å². The molecule has 0 saturated carbocycles. The second-order valence-electron chi connectivity index (χ2n) is 4.81. The van der Waals surface area contributed by atoms with Gasteiger partial charge in [-0.05, 0) is 42.1 Å². The van der Waals surface area contributed by atoms with E-state index in [2.05, 4.69) is 5.10 Å². The highest BCUT2D eigenvalue weighted by Gasteiger charge is 2.32. The molecule has 0 aliphatic carbocycles. The number of nitrogens with zero attached hydrogens (tertiary/aromatic N) is 2. The zero-order valence-corrected chi connectivity index (χ0v) is 13.8. The molecule has 1 aliphatic rings. The Morgan fingerprint density at radius 1 is 1.08 bits per heavy atom. The third kappa shape index (κ3) is 3.58. The normalized spacial score (nSPS) is 16.6. The Labute approximate surface area is 146 Å². The van der Waals surface area contributed by atoms with Crippen molar-refractivity contribution < 1.29 is 13.6 Å². The number of benzene rings is 2. The lowest BCUT2D eigenvalue weighted by Gasteiger charge is -2.06. The molecule has 3 nitrogen and oxygen atoms in total. The van der Waals surface area contributed by atoms with E-state index in [0.29, 0.717) is 10.5 Å². The Morgan fingerprint density at radius 3 is 2.50 bits per heavy atom. The lowest BCUT2D eigenvalue weighted by atomic mass is 10.2. The van der Waals surface area contributed by atoms with Crippen molar-refractivity contribution in [3.63, 3.8) is 0 Å². The fourth-order valence-electron chi connectivity index (χ4n) is 1.97. The second kappa shape index (κ2) is 7.02. The van der Waals surface area contributed by atoms with E-state index < -0.39 is 11.7 Å². The minimum absolute atomic E-state index is 0.251. The Bertz CT molecular complexity index is 863. The summed E-state index contributed by atoms with van der Waals surface area (Å²) in [6.45, 7) is 0. The third-order valence-electron chi connectivity index (χ3n) is 3.16. The molecule has 1 heterocycles. The van der Waals surface area contributed by atoms with E-state index in [0.717, 1.165) is 16.8 Å². The fourth-order valence-corrected chi connectivity index (χ4v) is 3.14. The number of rotatable bonds is 3. The van der Waals surface area contributed by atoms with Gasteiger partial charge in [-0.3, -0.25) is 4.79 Å². The van der Waals surface area contributed by atoms with Crippen LogP contribution < -0.4 is 0 Å². The number of carbonyl (C=O) groups excluding carboxylic acids is 1. The van der Waals surface area contributed by atoms with Gasteiger partial charge in [0.2, 0.25) is 0 Å². The van der Waals surface area contributed by atoms with Crippen LogP contribution in [0.1, 0.15) is 11.1 Å². The number of halogens is 2. The Hall–Kier alpha value is -2.38. The minimum Gasteiger partial charge on any atom is -0.266 e. The first-order valence-corrected chi connectivity index (χ1v) is 8.09. The van der Waals surface area contributed by atoms with Crippen molar-refractivity contribution >= 4 is 46.5 Å². The highest BCUT2D eigenvalue weighted by molar-refractivity contribution is 8.26. The van der Waals surface area contributed by atoms with E-state index in [-0.39, 0.29) is 15.7 Å². The van der Waals surface area contributed by atoms with E-state index in [1.54, 1.807) is 36.4 Å². The SMILES string of the molecule is O=C1/C(=C\c2ccc(F)cc2)SC(=S)N1/N=C/c1ccccc1F. The molecule has 0 N–H and O–H groups in total. The summed E-state index contributed by atoms with van der Waals surface area (Å²) in [6.07, 6.45) is 2.86. The quantitative estimate of drug-likeness (QED) is 0.467. The summed E-state index contributed by atoms with van der Waals surface area (Å²) in [5.74, 6) is -1.19. The summed E-state index contributed by atoms with van der Waals surface area (Å²) in [7, 11) is 0. The van der Waals surface area contributed by atoms with E-state index in [4.69, 9.17) is 12.2 Å². The summed E-state index contributed by atoms with van der Waals surface area (Å²) >= 11 is 6.23. The topological polar surface area (TPSA) is 32.7 Å². The lowest BCUT2D eigenvalue weighted by molar-refractivity contribution is -0.122. The molecule has 2 aromatic rings. The van der Waals surface area contributed by atoms with Crippen molar-refractivity contribution in [2.75, 3.05) is 0 Å². The van der Waals surface area contributed by atoms with Crippen molar-refractivity contribution in [1.82, 2.24) is 5.01 Å². The van der Waals surface area contributed by atoms with Crippen molar-refractivity contribution in [3.05, 3.63) is 76.2 Å². The van der Waals surface area contributed by atoms with Crippen molar-refractivity contribution in [2.45, 2.75) is 0 Å². The molecule has 0 aromatic heterocycles. The fraction of sp³-hybridized carbons (Fsp3) is 0. The average Bonchev–Trinajstić information content (AvgIpc) is 2.83. The van der Waals surface area contributed by atoms with Gasteiger partial charge in [-0.1, -0.05) is 42.1 Å². The average molecular weight is 360 g/mol. The van der Waals surface area contributed by atoms with Crippen LogP contribution in [-0.4, -0.2) is 21.5 Å². The van der Waals surface area contributed by atoms with Crippen LogP contribution >= 0.6 is 24.0 Å². The molecular formula is C17H10F2N2OS2. The summed E-state index contributed by atoms with van der Waals surface area (Å²) in [4.78, 5) is 12.7. The van der Waals surface area contributed by atoms with Gasteiger partial charge in [0.1, 0.15) is 11.6 Å². The Morgan fingerprint density at radius 2 is 1.79 bits per heavy atom. The molecule has 0 atom stereocenters.